The van der Waals surface area contributed by atoms with Crippen LogP contribution in [0.1, 0.15) is 12.5 Å². The molecule has 0 saturated heterocycles. The van der Waals surface area contributed by atoms with Crippen LogP contribution in [0.4, 0.5) is 0 Å². The Hall–Kier alpha value is -1.81. The predicted octanol–water partition coefficient (Wildman–Crippen LogP) is 1.33. The van der Waals surface area contributed by atoms with Gasteiger partial charge in [-0.15, -0.1) is 0 Å². The van der Waals surface area contributed by atoms with Crippen LogP contribution in [0.5, 0.6) is 5.75 Å². The molecule has 0 aromatic heterocycles. The first kappa shape index (κ1) is 12.3. The van der Waals surface area contributed by atoms with Crippen LogP contribution in [-0.2, 0) is 11.2 Å². The lowest BCUT2D eigenvalue weighted by atomic mass is 10.1. The van der Waals surface area contributed by atoms with Crippen LogP contribution >= 0.6 is 0 Å². The third-order valence-corrected chi connectivity index (χ3v) is 2.20. The quantitative estimate of drug-likeness (QED) is 0.671. The largest absolute Gasteiger partial charge is 0.508 e. The lowest BCUT2D eigenvalue weighted by Gasteiger charge is -2.08. The van der Waals surface area contributed by atoms with Gasteiger partial charge in [0.05, 0.1) is 6.10 Å². The number of hydrogen-bond acceptors (Lipinski definition) is 3. The van der Waals surface area contributed by atoms with E-state index in [1.807, 2.05) is 0 Å². The van der Waals surface area contributed by atoms with Crippen LogP contribution in [0, 0.1) is 0 Å². The molecule has 0 radical (unpaired) electrons. The average molecular weight is 222 g/mol. The minimum absolute atomic E-state index is 0.0860. The van der Waals surface area contributed by atoms with Gasteiger partial charge in [0.1, 0.15) is 5.75 Å². The number of aliphatic hydroxyl groups excluding tert-OH is 1. The van der Waals surface area contributed by atoms with Gasteiger partial charge in [-0.25, -0.2) is 4.79 Å². The summed E-state index contributed by atoms with van der Waals surface area (Å²) in [6.45, 7) is 1.41. The first-order valence-electron chi connectivity index (χ1n) is 4.87. The molecule has 0 aliphatic heterocycles. The van der Waals surface area contributed by atoms with Gasteiger partial charge in [0.2, 0.25) is 0 Å². The number of aromatic hydroxyl groups is 1. The zero-order valence-electron chi connectivity index (χ0n) is 8.92. The molecule has 1 unspecified atom stereocenters. The topological polar surface area (TPSA) is 77.8 Å². The molecule has 1 atom stereocenters. The van der Waals surface area contributed by atoms with Gasteiger partial charge >= 0.3 is 5.97 Å². The van der Waals surface area contributed by atoms with Crippen molar-refractivity contribution >= 4 is 5.97 Å². The number of aliphatic carboxylic acids is 1. The maximum absolute atomic E-state index is 10.5. The number of carboxylic acid groups (broad SMARTS) is 1. The summed E-state index contributed by atoms with van der Waals surface area (Å²) in [5.41, 5.74) is 0.673. The summed E-state index contributed by atoms with van der Waals surface area (Å²) in [6, 6.07) is 6.64. The van der Waals surface area contributed by atoms with Gasteiger partial charge in [-0.2, -0.15) is 0 Å². The van der Waals surface area contributed by atoms with E-state index in [0.717, 1.165) is 0 Å². The fraction of sp³-hybridized carbons (Fsp3) is 0.250. The lowest BCUT2D eigenvalue weighted by Crippen LogP contribution is -2.10. The molecule has 1 aromatic rings. The molecule has 0 saturated carbocycles. The number of carbonyl (C=O) groups is 1. The number of rotatable bonds is 4. The van der Waals surface area contributed by atoms with Crippen LogP contribution < -0.4 is 0 Å². The van der Waals surface area contributed by atoms with E-state index in [1.165, 1.54) is 19.1 Å². The smallest absolute Gasteiger partial charge is 0.331 e. The van der Waals surface area contributed by atoms with E-state index < -0.39 is 12.1 Å². The Morgan fingerprint density at radius 1 is 1.44 bits per heavy atom. The van der Waals surface area contributed by atoms with Crippen LogP contribution in [-0.4, -0.2) is 27.4 Å². The fourth-order valence-electron chi connectivity index (χ4n) is 1.33. The number of para-hydroxylation sites is 1. The molecule has 16 heavy (non-hydrogen) atoms. The molecule has 4 nitrogen and oxygen atoms in total. The van der Waals surface area contributed by atoms with Gasteiger partial charge in [-0.1, -0.05) is 18.2 Å². The second-order valence-electron chi connectivity index (χ2n) is 3.56. The molecular weight excluding hydrogens is 208 g/mol. The van der Waals surface area contributed by atoms with Crippen molar-refractivity contribution in [3.05, 3.63) is 41.5 Å². The van der Waals surface area contributed by atoms with Crippen molar-refractivity contribution in [1.82, 2.24) is 0 Å². The summed E-state index contributed by atoms with van der Waals surface area (Å²) >= 11 is 0. The van der Waals surface area contributed by atoms with Crippen molar-refractivity contribution in [2.24, 2.45) is 0 Å². The average Bonchev–Trinajstić information content (AvgIpc) is 2.21. The highest BCUT2D eigenvalue weighted by Crippen LogP contribution is 2.17. The molecule has 0 aliphatic rings. The molecule has 4 heteroatoms. The third kappa shape index (κ3) is 3.40. The molecule has 0 heterocycles. The SMILES string of the molecule is CC(=CC(O)Cc1ccccc1O)C(=O)O. The molecule has 1 aromatic carbocycles. The number of aliphatic hydroxyl groups is 1. The normalized spacial score (nSPS) is 13.5. The number of phenolic OH excluding ortho intramolecular Hbond substituents is 1. The zero-order valence-corrected chi connectivity index (χ0v) is 8.92. The molecule has 3 N–H and O–H groups in total. The summed E-state index contributed by atoms with van der Waals surface area (Å²) in [4.78, 5) is 10.5. The predicted molar refractivity (Wildman–Crippen MR) is 59.2 cm³/mol. The van der Waals surface area contributed by atoms with Crippen LogP contribution in [0.3, 0.4) is 0 Å². The van der Waals surface area contributed by atoms with Gasteiger partial charge in [-0.05, 0) is 24.6 Å². The Morgan fingerprint density at radius 3 is 2.62 bits per heavy atom. The molecular formula is C12H14O4. The van der Waals surface area contributed by atoms with Crippen molar-refractivity contribution in [2.45, 2.75) is 19.4 Å². The Balaban J connectivity index is 2.72. The Labute approximate surface area is 93.5 Å². The van der Waals surface area contributed by atoms with Crippen molar-refractivity contribution in [1.29, 1.82) is 0 Å². The third-order valence-electron chi connectivity index (χ3n) is 2.20. The maximum atomic E-state index is 10.5. The summed E-state index contributed by atoms with van der Waals surface area (Å²) in [6.07, 6.45) is 0.538. The fourth-order valence-corrected chi connectivity index (χ4v) is 1.33. The van der Waals surface area contributed by atoms with Gasteiger partial charge in [0, 0.05) is 12.0 Å². The van der Waals surface area contributed by atoms with E-state index in [-0.39, 0.29) is 17.7 Å². The zero-order chi connectivity index (χ0) is 12.1. The highest BCUT2D eigenvalue weighted by molar-refractivity contribution is 5.85. The molecule has 0 spiro atoms. The number of carboxylic acids is 1. The molecule has 0 fully saturated rings. The second-order valence-corrected chi connectivity index (χ2v) is 3.56. The van der Waals surface area contributed by atoms with Gasteiger partial charge < -0.3 is 15.3 Å². The monoisotopic (exact) mass is 222 g/mol. The number of hydrogen-bond donors (Lipinski definition) is 3. The highest BCUT2D eigenvalue weighted by atomic mass is 16.4. The van der Waals surface area contributed by atoms with Crippen LogP contribution in [0.2, 0.25) is 0 Å². The molecule has 0 aliphatic carbocycles. The Morgan fingerprint density at radius 2 is 2.06 bits per heavy atom. The summed E-state index contributed by atoms with van der Waals surface area (Å²) in [5, 5.41) is 27.7. The van der Waals surface area contributed by atoms with E-state index in [4.69, 9.17) is 5.11 Å². The highest BCUT2D eigenvalue weighted by Gasteiger charge is 2.08. The van der Waals surface area contributed by atoms with E-state index in [1.54, 1.807) is 18.2 Å². The van der Waals surface area contributed by atoms with Crippen molar-refractivity contribution in [3.8, 4) is 5.75 Å². The van der Waals surface area contributed by atoms with Crippen molar-refractivity contribution in [2.75, 3.05) is 0 Å². The van der Waals surface area contributed by atoms with Crippen molar-refractivity contribution in [3.63, 3.8) is 0 Å². The number of phenols is 1. The maximum Gasteiger partial charge on any atom is 0.331 e. The molecule has 1 rings (SSSR count). The van der Waals surface area contributed by atoms with Gasteiger partial charge in [-0.3, -0.25) is 0 Å². The van der Waals surface area contributed by atoms with Crippen molar-refractivity contribution < 1.29 is 20.1 Å². The van der Waals surface area contributed by atoms with Crippen LogP contribution in [0.25, 0.3) is 0 Å². The standard InChI is InChI=1S/C12H14O4/c1-8(12(15)16)6-10(13)7-9-4-2-3-5-11(9)14/h2-6,10,13-14H,7H2,1H3,(H,15,16). The second kappa shape index (κ2) is 5.32. The molecule has 0 bridgehead atoms. The Kier molecular flexibility index (Phi) is 4.08. The minimum atomic E-state index is -1.06. The van der Waals surface area contributed by atoms with Crippen LogP contribution in [0.15, 0.2) is 35.9 Å². The van der Waals surface area contributed by atoms with Gasteiger partial charge in [0.25, 0.3) is 0 Å². The minimum Gasteiger partial charge on any atom is -0.508 e. The van der Waals surface area contributed by atoms with E-state index in [2.05, 4.69) is 0 Å². The van der Waals surface area contributed by atoms with E-state index in [0.29, 0.717) is 5.56 Å². The lowest BCUT2D eigenvalue weighted by molar-refractivity contribution is -0.132. The molecule has 0 amide bonds. The summed E-state index contributed by atoms with van der Waals surface area (Å²) in [5.74, 6) is -0.959. The molecule has 86 valence electrons. The Bertz CT molecular complexity index is 409. The number of benzene rings is 1. The summed E-state index contributed by atoms with van der Waals surface area (Å²) < 4.78 is 0. The first-order valence-corrected chi connectivity index (χ1v) is 4.87. The van der Waals surface area contributed by atoms with E-state index >= 15 is 0 Å². The first-order chi connectivity index (χ1) is 7.50. The van der Waals surface area contributed by atoms with E-state index in [9.17, 15) is 15.0 Å². The summed E-state index contributed by atoms with van der Waals surface area (Å²) in [7, 11) is 0. The van der Waals surface area contributed by atoms with Gasteiger partial charge in [0.15, 0.2) is 0 Å².